The summed E-state index contributed by atoms with van der Waals surface area (Å²) in [5.41, 5.74) is 5.65. The quantitative estimate of drug-likeness (QED) is 0.644. The molecule has 0 saturated heterocycles. The van der Waals surface area contributed by atoms with E-state index >= 15 is 0 Å². The predicted octanol–water partition coefficient (Wildman–Crippen LogP) is 0.748. The number of ether oxygens (including phenoxy) is 1. The fourth-order valence-corrected chi connectivity index (χ4v) is 1.24. The maximum atomic E-state index is 9.56. The number of hydrogen-bond donors (Lipinski definition) is 3. The monoisotopic (exact) mass is 225 g/mol. The lowest BCUT2D eigenvalue weighted by molar-refractivity contribution is 0.0221. The highest BCUT2D eigenvalue weighted by Gasteiger charge is 2.18. The van der Waals surface area contributed by atoms with Crippen LogP contribution in [0.15, 0.2) is 18.3 Å². The van der Waals surface area contributed by atoms with Crippen molar-refractivity contribution in [1.82, 2.24) is 10.3 Å². The SMILES string of the molecule is CC(C)NC(Oc1cccnc1N)C(C)O. The molecule has 0 aliphatic heterocycles. The van der Waals surface area contributed by atoms with E-state index in [0.717, 1.165) is 0 Å². The molecule has 0 spiro atoms. The number of nitrogen functional groups attached to an aromatic ring is 1. The summed E-state index contributed by atoms with van der Waals surface area (Å²) < 4.78 is 5.57. The van der Waals surface area contributed by atoms with E-state index in [1.54, 1.807) is 25.3 Å². The van der Waals surface area contributed by atoms with Crippen molar-refractivity contribution in [1.29, 1.82) is 0 Å². The van der Waals surface area contributed by atoms with Crippen LogP contribution in [0.1, 0.15) is 20.8 Å². The van der Waals surface area contributed by atoms with Crippen molar-refractivity contribution in [3.8, 4) is 5.75 Å². The molecule has 1 aromatic rings. The summed E-state index contributed by atoms with van der Waals surface area (Å²) in [7, 11) is 0. The van der Waals surface area contributed by atoms with Gasteiger partial charge < -0.3 is 15.6 Å². The lowest BCUT2D eigenvalue weighted by atomic mass is 10.3. The zero-order valence-electron chi connectivity index (χ0n) is 9.84. The first-order valence-corrected chi connectivity index (χ1v) is 5.32. The number of nitrogens with one attached hydrogen (secondary N) is 1. The lowest BCUT2D eigenvalue weighted by Crippen LogP contribution is -2.46. The average molecular weight is 225 g/mol. The van der Waals surface area contributed by atoms with E-state index in [-0.39, 0.29) is 6.04 Å². The second-order valence-electron chi connectivity index (χ2n) is 3.99. The van der Waals surface area contributed by atoms with Crippen LogP contribution < -0.4 is 15.8 Å². The Balaban J connectivity index is 2.72. The average Bonchev–Trinajstić information content (AvgIpc) is 2.19. The van der Waals surface area contributed by atoms with Crippen LogP contribution in [-0.2, 0) is 0 Å². The van der Waals surface area contributed by atoms with Crippen LogP contribution in [0.3, 0.4) is 0 Å². The second kappa shape index (κ2) is 5.67. The molecule has 0 aliphatic rings. The van der Waals surface area contributed by atoms with E-state index in [2.05, 4.69) is 10.3 Å². The van der Waals surface area contributed by atoms with Gasteiger partial charge in [-0.2, -0.15) is 0 Å². The van der Waals surface area contributed by atoms with E-state index in [4.69, 9.17) is 10.5 Å². The first-order chi connectivity index (χ1) is 7.50. The molecule has 4 N–H and O–H groups in total. The molecule has 1 rings (SSSR count). The van der Waals surface area contributed by atoms with Crippen LogP contribution in [0.2, 0.25) is 0 Å². The Bertz CT molecular complexity index is 329. The third-order valence-corrected chi connectivity index (χ3v) is 1.99. The first-order valence-electron chi connectivity index (χ1n) is 5.32. The molecular weight excluding hydrogens is 206 g/mol. The van der Waals surface area contributed by atoms with Crippen molar-refractivity contribution in [2.75, 3.05) is 5.73 Å². The molecule has 5 nitrogen and oxygen atoms in total. The molecule has 2 unspecified atom stereocenters. The van der Waals surface area contributed by atoms with Crippen LogP contribution in [0.4, 0.5) is 5.82 Å². The number of anilines is 1. The van der Waals surface area contributed by atoms with Crippen molar-refractivity contribution < 1.29 is 9.84 Å². The maximum Gasteiger partial charge on any atom is 0.176 e. The molecule has 0 bridgehead atoms. The van der Waals surface area contributed by atoms with Crippen LogP contribution in [0.5, 0.6) is 5.75 Å². The highest BCUT2D eigenvalue weighted by Crippen LogP contribution is 2.18. The number of hydrogen-bond acceptors (Lipinski definition) is 5. The van der Waals surface area contributed by atoms with Gasteiger partial charge in [0.15, 0.2) is 17.8 Å². The Morgan fingerprint density at radius 1 is 1.44 bits per heavy atom. The fourth-order valence-electron chi connectivity index (χ4n) is 1.24. The van der Waals surface area contributed by atoms with Crippen molar-refractivity contribution in [3.05, 3.63) is 18.3 Å². The largest absolute Gasteiger partial charge is 0.469 e. The molecular formula is C11H19N3O2. The number of pyridine rings is 1. The molecule has 0 aromatic carbocycles. The van der Waals surface area contributed by atoms with Crippen LogP contribution in [0.25, 0.3) is 0 Å². The number of aliphatic hydroxyl groups is 1. The molecule has 1 heterocycles. The number of nitrogens with zero attached hydrogens (tertiary/aromatic N) is 1. The zero-order valence-corrected chi connectivity index (χ0v) is 9.84. The van der Waals surface area contributed by atoms with Gasteiger partial charge in [-0.3, -0.25) is 5.32 Å². The minimum atomic E-state index is -0.637. The standard InChI is InChI=1S/C11H19N3O2/c1-7(2)14-11(8(3)15)16-9-5-4-6-13-10(9)12/h4-8,11,14-15H,1-3H3,(H2,12,13). The summed E-state index contributed by atoms with van der Waals surface area (Å²) in [5.74, 6) is 0.792. The summed E-state index contributed by atoms with van der Waals surface area (Å²) >= 11 is 0. The van der Waals surface area contributed by atoms with E-state index in [9.17, 15) is 5.11 Å². The van der Waals surface area contributed by atoms with E-state index < -0.39 is 12.3 Å². The number of aromatic nitrogens is 1. The van der Waals surface area contributed by atoms with Gasteiger partial charge in [0.25, 0.3) is 0 Å². The summed E-state index contributed by atoms with van der Waals surface area (Å²) in [5, 5.41) is 12.7. The highest BCUT2D eigenvalue weighted by molar-refractivity contribution is 5.44. The third kappa shape index (κ3) is 3.67. The van der Waals surface area contributed by atoms with Crippen molar-refractivity contribution in [2.45, 2.75) is 39.1 Å². The zero-order chi connectivity index (χ0) is 12.1. The second-order valence-corrected chi connectivity index (χ2v) is 3.99. The third-order valence-electron chi connectivity index (χ3n) is 1.99. The van der Waals surface area contributed by atoms with Crippen molar-refractivity contribution in [3.63, 3.8) is 0 Å². The van der Waals surface area contributed by atoms with Gasteiger partial charge >= 0.3 is 0 Å². The fraction of sp³-hybridized carbons (Fsp3) is 0.545. The minimum absolute atomic E-state index is 0.206. The topological polar surface area (TPSA) is 80.4 Å². The van der Waals surface area contributed by atoms with Gasteiger partial charge in [-0.15, -0.1) is 0 Å². The van der Waals surface area contributed by atoms with Gasteiger partial charge in [0.1, 0.15) is 6.10 Å². The number of rotatable bonds is 5. The summed E-state index contributed by atoms with van der Waals surface area (Å²) in [6.07, 6.45) is 0.462. The summed E-state index contributed by atoms with van der Waals surface area (Å²) in [6.45, 7) is 5.61. The van der Waals surface area contributed by atoms with E-state index in [0.29, 0.717) is 11.6 Å². The minimum Gasteiger partial charge on any atom is -0.469 e. The van der Waals surface area contributed by atoms with Gasteiger partial charge in [0.2, 0.25) is 0 Å². The lowest BCUT2D eigenvalue weighted by Gasteiger charge is -2.25. The van der Waals surface area contributed by atoms with Gasteiger partial charge in [0, 0.05) is 12.2 Å². The van der Waals surface area contributed by atoms with Gasteiger partial charge in [-0.1, -0.05) is 0 Å². The van der Waals surface area contributed by atoms with E-state index in [1.807, 2.05) is 13.8 Å². The van der Waals surface area contributed by atoms with Crippen LogP contribution >= 0.6 is 0 Å². The Hall–Kier alpha value is -1.33. The molecule has 5 heteroatoms. The maximum absolute atomic E-state index is 9.56. The molecule has 16 heavy (non-hydrogen) atoms. The van der Waals surface area contributed by atoms with Gasteiger partial charge in [-0.05, 0) is 32.9 Å². The van der Waals surface area contributed by atoms with Crippen LogP contribution in [0, 0.1) is 0 Å². The van der Waals surface area contributed by atoms with Crippen molar-refractivity contribution in [2.24, 2.45) is 0 Å². The molecule has 0 saturated carbocycles. The van der Waals surface area contributed by atoms with Gasteiger partial charge in [-0.25, -0.2) is 4.98 Å². The van der Waals surface area contributed by atoms with Crippen molar-refractivity contribution >= 4 is 5.82 Å². The number of nitrogens with two attached hydrogens (primary N) is 1. The van der Waals surface area contributed by atoms with Crippen LogP contribution in [-0.4, -0.2) is 28.5 Å². The number of aliphatic hydroxyl groups excluding tert-OH is 1. The molecule has 0 radical (unpaired) electrons. The Morgan fingerprint density at radius 3 is 2.62 bits per heavy atom. The molecule has 2 atom stereocenters. The molecule has 0 fully saturated rings. The Morgan fingerprint density at radius 2 is 2.12 bits per heavy atom. The summed E-state index contributed by atoms with van der Waals surface area (Å²) in [6, 6.07) is 3.66. The molecule has 1 aromatic heterocycles. The summed E-state index contributed by atoms with van der Waals surface area (Å²) in [4.78, 5) is 3.91. The first kappa shape index (κ1) is 12.7. The molecule has 0 aliphatic carbocycles. The smallest absolute Gasteiger partial charge is 0.176 e. The van der Waals surface area contributed by atoms with E-state index in [1.165, 1.54) is 0 Å². The van der Waals surface area contributed by atoms with Gasteiger partial charge in [0.05, 0.1) is 0 Å². The highest BCUT2D eigenvalue weighted by atomic mass is 16.5. The Labute approximate surface area is 95.6 Å². The normalized spacial score (nSPS) is 14.8. The molecule has 0 amide bonds. The predicted molar refractivity (Wildman–Crippen MR) is 63.0 cm³/mol. The Kier molecular flexibility index (Phi) is 4.52. The molecule has 90 valence electrons.